The average molecular weight is 554 g/mol. The number of hydrogen-bond acceptors (Lipinski definition) is 3. The number of amides is 1. The van der Waals surface area contributed by atoms with Crippen molar-refractivity contribution < 1.29 is 13.9 Å². The van der Waals surface area contributed by atoms with Crippen LogP contribution < -0.4 is 20.7 Å². The molecule has 0 bridgehead atoms. The number of guanidine groups is 1. The first kappa shape index (κ1) is 25.9. The third-order valence-corrected chi connectivity index (χ3v) is 4.71. The Kier molecular flexibility index (Phi) is 10.7. The normalized spacial score (nSPS) is 13.3. The zero-order chi connectivity index (χ0) is 22.1. The SMILES string of the molecule is CC(C)Oc1ccc(NC(=NCCc2cccc(F)c2)NCCNC(=O)C2CC2)cc1.I. The number of aliphatic imine (C=N–C) groups is 1. The predicted octanol–water partition coefficient (Wildman–Crippen LogP) is 4.36. The summed E-state index contributed by atoms with van der Waals surface area (Å²) in [5.74, 6) is 1.49. The molecule has 0 atom stereocenters. The number of rotatable bonds is 10. The fourth-order valence-corrected chi connectivity index (χ4v) is 3.01. The molecule has 0 radical (unpaired) electrons. The van der Waals surface area contributed by atoms with Crippen LogP contribution in [0.15, 0.2) is 53.5 Å². The summed E-state index contributed by atoms with van der Waals surface area (Å²) in [4.78, 5) is 16.4. The van der Waals surface area contributed by atoms with E-state index in [1.165, 1.54) is 12.1 Å². The van der Waals surface area contributed by atoms with Crippen molar-refractivity contribution in [2.45, 2.75) is 39.2 Å². The topological polar surface area (TPSA) is 74.8 Å². The smallest absolute Gasteiger partial charge is 0.223 e. The molecule has 2 aromatic rings. The number of benzene rings is 2. The van der Waals surface area contributed by atoms with Crippen LogP contribution in [0.4, 0.5) is 10.1 Å². The molecule has 0 spiro atoms. The summed E-state index contributed by atoms with van der Waals surface area (Å²) >= 11 is 0. The van der Waals surface area contributed by atoms with Crippen LogP contribution in [0.1, 0.15) is 32.3 Å². The van der Waals surface area contributed by atoms with Crippen LogP contribution in [0.2, 0.25) is 0 Å². The zero-order valence-corrected chi connectivity index (χ0v) is 20.9. The summed E-state index contributed by atoms with van der Waals surface area (Å²) in [6.45, 7) is 5.56. The highest BCUT2D eigenvalue weighted by Gasteiger charge is 2.28. The highest BCUT2D eigenvalue weighted by atomic mass is 127. The molecule has 6 nitrogen and oxygen atoms in total. The maximum atomic E-state index is 13.4. The molecular weight excluding hydrogens is 522 g/mol. The highest BCUT2D eigenvalue weighted by Crippen LogP contribution is 2.28. The van der Waals surface area contributed by atoms with E-state index in [9.17, 15) is 9.18 Å². The fourth-order valence-electron chi connectivity index (χ4n) is 3.01. The van der Waals surface area contributed by atoms with Crippen molar-refractivity contribution in [2.24, 2.45) is 10.9 Å². The van der Waals surface area contributed by atoms with E-state index in [0.29, 0.717) is 32.0 Å². The van der Waals surface area contributed by atoms with Gasteiger partial charge < -0.3 is 20.7 Å². The Bertz CT molecular complexity index is 886. The Morgan fingerprint density at radius 2 is 1.84 bits per heavy atom. The number of anilines is 1. The maximum Gasteiger partial charge on any atom is 0.223 e. The van der Waals surface area contributed by atoms with Gasteiger partial charge in [0.25, 0.3) is 0 Å². The van der Waals surface area contributed by atoms with Gasteiger partial charge in [0.2, 0.25) is 5.91 Å². The van der Waals surface area contributed by atoms with Crippen LogP contribution in [0.5, 0.6) is 5.75 Å². The summed E-state index contributed by atoms with van der Waals surface area (Å²) in [6.07, 6.45) is 2.73. The van der Waals surface area contributed by atoms with Crippen LogP contribution in [-0.2, 0) is 11.2 Å². The van der Waals surface area contributed by atoms with Gasteiger partial charge >= 0.3 is 0 Å². The van der Waals surface area contributed by atoms with Crippen molar-refractivity contribution in [3.8, 4) is 5.75 Å². The second kappa shape index (κ2) is 13.2. The average Bonchev–Trinajstić information content (AvgIpc) is 3.57. The molecule has 3 rings (SSSR count). The van der Waals surface area contributed by atoms with Crippen LogP contribution in [-0.4, -0.2) is 37.6 Å². The van der Waals surface area contributed by atoms with Crippen LogP contribution in [0.3, 0.4) is 0 Å². The highest BCUT2D eigenvalue weighted by molar-refractivity contribution is 14.0. The lowest BCUT2D eigenvalue weighted by Gasteiger charge is -2.14. The van der Waals surface area contributed by atoms with Gasteiger partial charge in [0, 0.05) is 31.2 Å². The first-order chi connectivity index (χ1) is 15.0. The van der Waals surface area contributed by atoms with E-state index < -0.39 is 0 Å². The molecule has 0 unspecified atom stereocenters. The second-order valence-corrected chi connectivity index (χ2v) is 7.92. The molecule has 174 valence electrons. The Morgan fingerprint density at radius 1 is 1.12 bits per heavy atom. The minimum Gasteiger partial charge on any atom is -0.491 e. The van der Waals surface area contributed by atoms with Crippen molar-refractivity contribution in [2.75, 3.05) is 25.0 Å². The summed E-state index contributed by atoms with van der Waals surface area (Å²) in [5, 5.41) is 9.46. The van der Waals surface area contributed by atoms with Gasteiger partial charge in [0.1, 0.15) is 11.6 Å². The third kappa shape index (κ3) is 9.42. The van der Waals surface area contributed by atoms with E-state index in [1.807, 2.05) is 44.2 Å². The molecular formula is C24H32FIN4O2. The molecule has 3 N–H and O–H groups in total. The van der Waals surface area contributed by atoms with Crippen molar-refractivity contribution in [1.82, 2.24) is 10.6 Å². The molecule has 1 amide bonds. The molecule has 1 fully saturated rings. The number of ether oxygens (including phenoxy) is 1. The van der Waals surface area contributed by atoms with Gasteiger partial charge in [-0.05, 0) is 75.1 Å². The Balaban J connectivity index is 0.00000363. The van der Waals surface area contributed by atoms with Crippen molar-refractivity contribution in [1.29, 1.82) is 0 Å². The van der Waals surface area contributed by atoms with Crippen LogP contribution in [0.25, 0.3) is 0 Å². The fraction of sp³-hybridized carbons (Fsp3) is 0.417. The monoisotopic (exact) mass is 554 g/mol. The molecule has 1 saturated carbocycles. The van der Waals surface area contributed by atoms with Crippen molar-refractivity contribution >= 4 is 41.5 Å². The minimum atomic E-state index is -0.243. The van der Waals surface area contributed by atoms with Gasteiger partial charge in [0.05, 0.1) is 6.10 Å². The first-order valence-corrected chi connectivity index (χ1v) is 10.8. The molecule has 0 aliphatic heterocycles. The van der Waals surface area contributed by atoms with E-state index >= 15 is 0 Å². The molecule has 1 aliphatic carbocycles. The lowest BCUT2D eigenvalue weighted by Crippen LogP contribution is -2.38. The Hall–Kier alpha value is -2.36. The molecule has 0 aromatic heterocycles. The summed E-state index contributed by atoms with van der Waals surface area (Å²) in [5.41, 5.74) is 1.77. The molecule has 2 aromatic carbocycles. The lowest BCUT2D eigenvalue weighted by molar-refractivity contribution is -0.122. The van der Waals surface area contributed by atoms with Gasteiger partial charge in [-0.2, -0.15) is 0 Å². The number of carbonyl (C=O) groups excluding carboxylic acids is 1. The maximum absolute atomic E-state index is 13.4. The third-order valence-electron chi connectivity index (χ3n) is 4.71. The van der Waals surface area contributed by atoms with Crippen molar-refractivity contribution in [3.63, 3.8) is 0 Å². The number of nitrogens with one attached hydrogen (secondary N) is 3. The molecule has 8 heteroatoms. The zero-order valence-electron chi connectivity index (χ0n) is 18.6. The molecule has 1 aliphatic rings. The number of hydrogen-bond donors (Lipinski definition) is 3. The predicted molar refractivity (Wildman–Crippen MR) is 137 cm³/mol. The second-order valence-electron chi connectivity index (χ2n) is 7.92. The molecule has 0 heterocycles. The number of halogens is 2. The van der Waals surface area contributed by atoms with Crippen LogP contribution in [0, 0.1) is 11.7 Å². The standard InChI is InChI=1S/C24H31FN4O2.HI/c1-17(2)31-22-10-8-21(9-11-22)29-24(28-15-14-26-23(30)19-6-7-19)27-13-12-18-4-3-5-20(25)16-18;/h3-5,8-11,16-17,19H,6-7,12-15H2,1-2H3,(H,26,30)(H2,27,28,29);1H. The van der Waals surface area contributed by atoms with Gasteiger partial charge in [-0.25, -0.2) is 4.39 Å². The summed E-state index contributed by atoms with van der Waals surface area (Å²) in [6, 6.07) is 14.2. The van der Waals surface area contributed by atoms with E-state index in [0.717, 1.165) is 29.8 Å². The Morgan fingerprint density at radius 3 is 2.50 bits per heavy atom. The minimum absolute atomic E-state index is 0. The van der Waals surface area contributed by atoms with Gasteiger partial charge in [-0.3, -0.25) is 9.79 Å². The quantitative estimate of drug-likeness (QED) is 0.177. The Labute approximate surface area is 206 Å². The van der Waals surface area contributed by atoms with Gasteiger partial charge in [0.15, 0.2) is 5.96 Å². The van der Waals surface area contributed by atoms with Crippen molar-refractivity contribution in [3.05, 3.63) is 59.9 Å². The number of nitrogens with zero attached hydrogens (tertiary/aromatic N) is 1. The number of carbonyl (C=O) groups is 1. The van der Waals surface area contributed by atoms with E-state index in [-0.39, 0.29) is 47.7 Å². The largest absolute Gasteiger partial charge is 0.491 e. The summed E-state index contributed by atoms with van der Waals surface area (Å²) < 4.78 is 19.1. The molecule has 32 heavy (non-hydrogen) atoms. The van der Waals surface area contributed by atoms with E-state index in [2.05, 4.69) is 20.9 Å². The van der Waals surface area contributed by atoms with Gasteiger partial charge in [-0.15, -0.1) is 24.0 Å². The molecule has 0 saturated heterocycles. The van der Waals surface area contributed by atoms with E-state index in [1.54, 1.807) is 6.07 Å². The van der Waals surface area contributed by atoms with Crippen LogP contribution >= 0.6 is 24.0 Å². The van der Waals surface area contributed by atoms with Gasteiger partial charge in [-0.1, -0.05) is 12.1 Å². The summed E-state index contributed by atoms with van der Waals surface area (Å²) in [7, 11) is 0. The first-order valence-electron chi connectivity index (χ1n) is 10.8. The van der Waals surface area contributed by atoms with E-state index in [4.69, 9.17) is 4.74 Å². The lowest BCUT2D eigenvalue weighted by atomic mass is 10.1.